The first kappa shape index (κ1) is 15.8. The number of aromatic hydroxyl groups is 1. The number of benzene rings is 1. The topological polar surface area (TPSA) is 52.8 Å². The van der Waals surface area contributed by atoms with E-state index in [1.807, 2.05) is 41.5 Å². The second kappa shape index (κ2) is 5.04. The maximum Gasteiger partial charge on any atom is 0.175 e. The minimum Gasteiger partial charge on any atom is -0.507 e. The van der Waals surface area contributed by atoms with Crippen LogP contribution in [0.5, 0.6) is 5.75 Å². The molecule has 0 atom stereocenters. The summed E-state index contributed by atoms with van der Waals surface area (Å²) >= 11 is 5.91. The van der Waals surface area contributed by atoms with Crippen LogP contribution in [0.15, 0.2) is 17.3 Å². The van der Waals surface area contributed by atoms with E-state index in [2.05, 4.69) is 5.16 Å². The monoisotopic (exact) mass is 283 g/mol. The molecule has 0 aromatic heterocycles. The van der Waals surface area contributed by atoms with Gasteiger partial charge < -0.3 is 10.3 Å². The summed E-state index contributed by atoms with van der Waals surface area (Å²) in [4.78, 5) is 0. The van der Waals surface area contributed by atoms with Crippen LogP contribution in [0.3, 0.4) is 0 Å². The van der Waals surface area contributed by atoms with Crippen molar-refractivity contribution in [1.29, 1.82) is 0 Å². The van der Waals surface area contributed by atoms with E-state index < -0.39 is 0 Å². The van der Waals surface area contributed by atoms with Crippen molar-refractivity contribution in [3.8, 4) is 5.75 Å². The molecule has 0 aliphatic carbocycles. The van der Waals surface area contributed by atoms with Crippen LogP contribution in [0, 0.1) is 0 Å². The van der Waals surface area contributed by atoms with E-state index in [1.165, 1.54) is 0 Å². The number of hydrogen-bond donors (Lipinski definition) is 2. The van der Waals surface area contributed by atoms with Crippen molar-refractivity contribution in [2.24, 2.45) is 5.16 Å². The zero-order valence-corrected chi connectivity index (χ0v) is 13.1. The summed E-state index contributed by atoms with van der Waals surface area (Å²) in [5, 5.41) is 22.4. The molecule has 0 saturated heterocycles. The molecule has 0 unspecified atom stereocenters. The fraction of sp³-hybridized carbons (Fsp3) is 0.533. The van der Waals surface area contributed by atoms with E-state index in [9.17, 15) is 5.11 Å². The Morgan fingerprint density at radius 3 is 1.63 bits per heavy atom. The normalized spacial score (nSPS) is 13.7. The number of halogens is 1. The molecule has 0 spiro atoms. The highest BCUT2D eigenvalue weighted by atomic mass is 35.5. The lowest BCUT2D eigenvalue weighted by Crippen LogP contribution is -2.18. The van der Waals surface area contributed by atoms with Crippen molar-refractivity contribution >= 4 is 16.8 Å². The third kappa shape index (κ3) is 3.41. The summed E-state index contributed by atoms with van der Waals surface area (Å²) in [5.74, 6) is 0.283. The predicted molar refractivity (Wildman–Crippen MR) is 79.7 cm³/mol. The number of phenolic OH excluding ortho intramolecular Hbond substituents is 1. The van der Waals surface area contributed by atoms with Gasteiger partial charge in [-0.05, 0) is 23.0 Å². The van der Waals surface area contributed by atoms with Crippen molar-refractivity contribution < 1.29 is 10.3 Å². The SMILES string of the molecule is CC(C)(C)c1cc(C(Cl)=NO)cc(C(C)(C)C)c1O. The summed E-state index contributed by atoms with van der Waals surface area (Å²) in [7, 11) is 0. The minimum absolute atomic E-state index is 0.0241. The van der Waals surface area contributed by atoms with Crippen molar-refractivity contribution in [3.63, 3.8) is 0 Å². The van der Waals surface area contributed by atoms with Gasteiger partial charge in [0.05, 0.1) is 0 Å². The van der Waals surface area contributed by atoms with E-state index in [0.717, 1.165) is 11.1 Å². The van der Waals surface area contributed by atoms with Gasteiger partial charge in [-0.1, -0.05) is 58.3 Å². The highest BCUT2D eigenvalue weighted by molar-refractivity contribution is 6.69. The van der Waals surface area contributed by atoms with Gasteiger partial charge in [-0.25, -0.2) is 0 Å². The summed E-state index contributed by atoms with van der Waals surface area (Å²) < 4.78 is 0. The highest BCUT2D eigenvalue weighted by Gasteiger charge is 2.27. The molecule has 19 heavy (non-hydrogen) atoms. The van der Waals surface area contributed by atoms with Gasteiger partial charge in [-0.15, -0.1) is 0 Å². The van der Waals surface area contributed by atoms with Crippen LogP contribution >= 0.6 is 11.6 Å². The van der Waals surface area contributed by atoms with Gasteiger partial charge in [-0.3, -0.25) is 0 Å². The second-order valence-corrected chi connectivity index (χ2v) is 7.17. The molecule has 3 nitrogen and oxygen atoms in total. The van der Waals surface area contributed by atoms with Gasteiger partial charge in [0.1, 0.15) is 5.75 Å². The van der Waals surface area contributed by atoms with Crippen LogP contribution in [0.4, 0.5) is 0 Å². The molecule has 0 radical (unpaired) electrons. The summed E-state index contributed by atoms with van der Waals surface area (Å²) in [6.07, 6.45) is 0. The Morgan fingerprint density at radius 2 is 1.37 bits per heavy atom. The van der Waals surface area contributed by atoms with Crippen LogP contribution < -0.4 is 0 Å². The van der Waals surface area contributed by atoms with Gasteiger partial charge in [0.25, 0.3) is 0 Å². The molecule has 0 bridgehead atoms. The van der Waals surface area contributed by atoms with Gasteiger partial charge in [0, 0.05) is 16.7 Å². The van der Waals surface area contributed by atoms with Crippen LogP contribution in [0.25, 0.3) is 0 Å². The van der Waals surface area contributed by atoms with Crippen LogP contribution in [-0.2, 0) is 10.8 Å². The zero-order valence-electron chi connectivity index (χ0n) is 12.4. The van der Waals surface area contributed by atoms with Gasteiger partial charge >= 0.3 is 0 Å². The van der Waals surface area contributed by atoms with E-state index in [4.69, 9.17) is 16.8 Å². The number of phenols is 1. The molecule has 0 saturated carbocycles. The standard InChI is InChI=1S/C15H22ClNO2/c1-14(2,3)10-7-9(13(16)17-19)8-11(12(10)18)15(4,5)6/h7-8,18-19H,1-6H3. The lowest BCUT2D eigenvalue weighted by Gasteiger charge is -2.28. The molecule has 1 aromatic rings. The second-order valence-electron chi connectivity index (χ2n) is 6.81. The fourth-order valence-electron chi connectivity index (χ4n) is 1.95. The lowest BCUT2D eigenvalue weighted by atomic mass is 9.78. The molecule has 0 aliphatic rings. The molecule has 0 fully saturated rings. The Hall–Kier alpha value is -1.22. The first-order chi connectivity index (χ1) is 8.48. The highest BCUT2D eigenvalue weighted by Crippen LogP contribution is 2.40. The number of nitrogens with zero attached hydrogens (tertiary/aromatic N) is 1. The Balaban J connectivity index is 3.67. The van der Waals surface area contributed by atoms with Crippen molar-refractivity contribution in [2.45, 2.75) is 52.4 Å². The average Bonchev–Trinajstić information content (AvgIpc) is 2.25. The van der Waals surface area contributed by atoms with Crippen LogP contribution in [0.1, 0.15) is 58.2 Å². The molecule has 0 aliphatic heterocycles. The molecule has 0 heterocycles. The smallest absolute Gasteiger partial charge is 0.175 e. The number of rotatable bonds is 1. The third-order valence-corrected chi connectivity index (χ3v) is 3.35. The van der Waals surface area contributed by atoms with Crippen molar-refractivity contribution in [1.82, 2.24) is 0 Å². The molecule has 1 aromatic carbocycles. The maximum absolute atomic E-state index is 10.5. The number of hydrogen-bond acceptors (Lipinski definition) is 3. The van der Waals surface area contributed by atoms with Gasteiger partial charge in [0.15, 0.2) is 5.17 Å². The van der Waals surface area contributed by atoms with Gasteiger partial charge in [-0.2, -0.15) is 0 Å². The minimum atomic E-state index is -0.229. The molecule has 2 N–H and O–H groups in total. The van der Waals surface area contributed by atoms with E-state index in [1.54, 1.807) is 12.1 Å². The quantitative estimate of drug-likeness (QED) is 0.457. The summed E-state index contributed by atoms with van der Waals surface area (Å²) in [6, 6.07) is 3.54. The Kier molecular flexibility index (Phi) is 4.20. The third-order valence-electron chi connectivity index (χ3n) is 3.05. The van der Waals surface area contributed by atoms with E-state index in [-0.39, 0.29) is 21.8 Å². The fourth-order valence-corrected chi connectivity index (χ4v) is 2.06. The lowest BCUT2D eigenvalue weighted by molar-refractivity contribution is 0.320. The zero-order chi connectivity index (χ0) is 15.0. The van der Waals surface area contributed by atoms with Crippen LogP contribution in [-0.4, -0.2) is 15.5 Å². The molecular weight excluding hydrogens is 262 g/mol. The van der Waals surface area contributed by atoms with Crippen molar-refractivity contribution in [2.75, 3.05) is 0 Å². The van der Waals surface area contributed by atoms with E-state index in [0.29, 0.717) is 5.56 Å². The van der Waals surface area contributed by atoms with Crippen LogP contribution in [0.2, 0.25) is 0 Å². The Morgan fingerprint density at radius 1 is 1.00 bits per heavy atom. The summed E-state index contributed by atoms with van der Waals surface area (Å²) in [6.45, 7) is 12.1. The average molecular weight is 284 g/mol. The molecular formula is C15H22ClNO2. The number of oxime groups is 1. The molecule has 4 heteroatoms. The predicted octanol–water partition coefficient (Wildman–Crippen LogP) is 4.36. The first-order valence-corrected chi connectivity index (χ1v) is 6.62. The summed E-state index contributed by atoms with van der Waals surface area (Å²) in [5.41, 5.74) is 1.73. The Labute approximate surface area is 119 Å². The largest absolute Gasteiger partial charge is 0.507 e. The van der Waals surface area contributed by atoms with E-state index >= 15 is 0 Å². The maximum atomic E-state index is 10.5. The molecule has 106 valence electrons. The van der Waals surface area contributed by atoms with Crippen molar-refractivity contribution in [3.05, 3.63) is 28.8 Å². The Bertz CT molecular complexity index is 473. The van der Waals surface area contributed by atoms with Gasteiger partial charge in [0.2, 0.25) is 0 Å². The molecule has 0 amide bonds. The molecule has 1 rings (SSSR count). The first-order valence-electron chi connectivity index (χ1n) is 6.24.